The van der Waals surface area contributed by atoms with Crippen LogP contribution in [0.2, 0.25) is 5.02 Å². The van der Waals surface area contributed by atoms with Gasteiger partial charge in [-0.2, -0.15) is 0 Å². The monoisotopic (exact) mass is 301 g/mol. The van der Waals surface area contributed by atoms with E-state index in [1.54, 1.807) is 42.5 Å². The van der Waals surface area contributed by atoms with E-state index < -0.39 is 11.7 Å². The summed E-state index contributed by atoms with van der Waals surface area (Å²) in [5, 5.41) is 19.6. The normalized spacial score (nSPS) is 12.2. The average Bonchev–Trinajstić information content (AvgIpc) is 2.48. The van der Waals surface area contributed by atoms with E-state index >= 15 is 0 Å². The molecule has 0 aliphatic rings. The number of para-hydroxylation sites is 1. The average molecular weight is 302 g/mol. The summed E-state index contributed by atoms with van der Waals surface area (Å²) in [6, 6.07) is 15.3. The Labute approximate surface area is 126 Å². The molecule has 106 valence electrons. The quantitative estimate of drug-likeness (QED) is 0.507. The fourth-order valence-corrected chi connectivity index (χ4v) is 1.89. The number of hydrogen-bond donors (Lipinski definition) is 2. The van der Waals surface area contributed by atoms with E-state index in [9.17, 15) is 15.0 Å². The molecular weight excluding hydrogens is 290 g/mol. The molecule has 2 aromatic carbocycles. The van der Waals surface area contributed by atoms with E-state index in [0.29, 0.717) is 5.69 Å². The number of aliphatic hydroxyl groups excluding tert-OH is 1. The molecule has 0 spiro atoms. The topological polar surface area (TPSA) is 69.9 Å². The summed E-state index contributed by atoms with van der Waals surface area (Å²) < 4.78 is 0. The maximum Gasteiger partial charge on any atom is 0.341 e. The lowest BCUT2D eigenvalue weighted by Gasteiger charge is -2.05. The smallest absolute Gasteiger partial charge is 0.341 e. The van der Waals surface area contributed by atoms with Gasteiger partial charge in [0, 0.05) is 11.8 Å². The Bertz CT molecular complexity index is 708. The zero-order valence-electron chi connectivity index (χ0n) is 10.9. The highest BCUT2D eigenvalue weighted by atomic mass is 35.5. The summed E-state index contributed by atoms with van der Waals surface area (Å²) in [6.45, 7) is 0. The van der Waals surface area contributed by atoms with Gasteiger partial charge < -0.3 is 10.2 Å². The molecule has 4 nitrogen and oxygen atoms in total. The molecule has 0 saturated carbocycles. The van der Waals surface area contributed by atoms with Crippen LogP contribution in [-0.2, 0) is 4.79 Å². The van der Waals surface area contributed by atoms with E-state index in [1.807, 2.05) is 6.07 Å². The molecule has 0 aliphatic carbocycles. The molecule has 21 heavy (non-hydrogen) atoms. The fraction of sp³-hybridized carbons (Fsp3) is 0. The molecule has 5 heteroatoms. The lowest BCUT2D eigenvalue weighted by molar-refractivity contribution is -0.132. The number of aliphatic carboxylic acids is 1. The van der Waals surface area contributed by atoms with Gasteiger partial charge in [-0.25, -0.2) is 4.79 Å². The predicted molar refractivity (Wildman–Crippen MR) is 83.2 cm³/mol. The van der Waals surface area contributed by atoms with Crippen LogP contribution in [0.4, 0.5) is 5.69 Å². The van der Waals surface area contributed by atoms with Gasteiger partial charge in [0.2, 0.25) is 0 Å². The summed E-state index contributed by atoms with van der Waals surface area (Å²) in [5.74, 6) is -1.71. The SMILES string of the molecule is O=C(O)C(C=Nc1ccccc1)=C(O)c1ccccc1Cl. The summed E-state index contributed by atoms with van der Waals surface area (Å²) in [7, 11) is 0. The molecule has 2 N–H and O–H groups in total. The summed E-state index contributed by atoms with van der Waals surface area (Å²) in [4.78, 5) is 15.3. The Kier molecular flexibility index (Phi) is 4.74. The molecule has 0 bridgehead atoms. The van der Waals surface area contributed by atoms with Crippen LogP contribution in [0, 0.1) is 0 Å². The Morgan fingerprint density at radius 2 is 1.62 bits per heavy atom. The van der Waals surface area contributed by atoms with Gasteiger partial charge in [-0.05, 0) is 24.3 Å². The summed E-state index contributed by atoms with van der Waals surface area (Å²) in [6.07, 6.45) is 1.11. The van der Waals surface area contributed by atoms with Gasteiger partial charge in [-0.3, -0.25) is 4.99 Å². The van der Waals surface area contributed by atoms with Crippen molar-refractivity contribution < 1.29 is 15.0 Å². The molecule has 0 atom stereocenters. The maximum absolute atomic E-state index is 11.3. The molecular formula is C16H12ClNO3. The van der Waals surface area contributed by atoms with Crippen molar-refractivity contribution >= 4 is 35.2 Å². The van der Waals surface area contributed by atoms with Crippen molar-refractivity contribution in [2.75, 3.05) is 0 Å². The minimum Gasteiger partial charge on any atom is -0.506 e. The summed E-state index contributed by atoms with van der Waals surface area (Å²) in [5.41, 5.74) is 0.506. The Morgan fingerprint density at radius 3 is 2.24 bits per heavy atom. The number of aliphatic imine (C=N–C) groups is 1. The number of aliphatic hydroxyl groups is 1. The lowest BCUT2D eigenvalue weighted by Crippen LogP contribution is -2.06. The molecule has 0 fully saturated rings. The second kappa shape index (κ2) is 6.72. The van der Waals surface area contributed by atoms with Crippen molar-refractivity contribution in [1.29, 1.82) is 0 Å². The van der Waals surface area contributed by atoms with Gasteiger partial charge in [0.15, 0.2) is 0 Å². The number of hydrogen-bond acceptors (Lipinski definition) is 3. The molecule has 2 rings (SSSR count). The van der Waals surface area contributed by atoms with Crippen molar-refractivity contribution in [2.24, 2.45) is 4.99 Å². The van der Waals surface area contributed by atoms with Crippen LogP contribution < -0.4 is 0 Å². The van der Waals surface area contributed by atoms with E-state index in [4.69, 9.17) is 11.6 Å². The van der Waals surface area contributed by atoms with Crippen LogP contribution in [0.15, 0.2) is 65.2 Å². The molecule has 0 aliphatic heterocycles. The third-order valence-electron chi connectivity index (χ3n) is 2.71. The van der Waals surface area contributed by atoms with Crippen molar-refractivity contribution in [3.05, 3.63) is 70.8 Å². The third-order valence-corrected chi connectivity index (χ3v) is 3.04. The Morgan fingerprint density at radius 1 is 1.00 bits per heavy atom. The number of halogens is 1. The first kappa shape index (κ1) is 14.8. The zero-order valence-corrected chi connectivity index (χ0v) is 11.7. The minimum atomic E-state index is -1.29. The highest BCUT2D eigenvalue weighted by Gasteiger charge is 2.15. The van der Waals surface area contributed by atoms with Crippen LogP contribution in [0.1, 0.15) is 5.56 Å². The zero-order chi connectivity index (χ0) is 15.2. The Hall–Kier alpha value is -2.59. The molecule has 0 radical (unpaired) electrons. The standard InChI is InChI=1S/C16H12ClNO3/c17-14-9-5-4-8-12(14)15(19)13(16(20)21)10-18-11-6-2-1-3-7-11/h1-10,19H,(H,20,21). The van der Waals surface area contributed by atoms with Crippen molar-refractivity contribution in [3.8, 4) is 0 Å². The van der Waals surface area contributed by atoms with E-state index in [2.05, 4.69) is 4.99 Å². The molecule has 0 aromatic heterocycles. The van der Waals surface area contributed by atoms with Crippen LogP contribution >= 0.6 is 11.6 Å². The number of nitrogens with zero attached hydrogens (tertiary/aromatic N) is 1. The van der Waals surface area contributed by atoms with Gasteiger partial charge in [-0.15, -0.1) is 0 Å². The number of carboxylic acid groups (broad SMARTS) is 1. The number of carboxylic acids is 1. The van der Waals surface area contributed by atoms with Gasteiger partial charge in [0.05, 0.1) is 10.7 Å². The summed E-state index contributed by atoms with van der Waals surface area (Å²) >= 11 is 5.95. The highest BCUT2D eigenvalue weighted by Crippen LogP contribution is 2.24. The Balaban J connectivity index is 2.44. The third kappa shape index (κ3) is 3.70. The molecule has 0 amide bonds. The van der Waals surface area contributed by atoms with Gasteiger partial charge in [-0.1, -0.05) is 41.9 Å². The first-order chi connectivity index (χ1) is 10.1. The maximum atomic E-state index is 11.3. The molecule has 0 unspecified atom stereocenters. The number of carbonyl (C=O) groups is 1. The van der Waals surface area contributed by atoms with Gasteiger partial charge in [0.1, 0.15) is 11.3 Å². The molecule has 2 aromatic rings. The van der Waals surface area contributed by atoms with Crippen LogP contribution in [0.25, 0.3) is 5.76 Å². The van der Waals surface area contributed by atoms with Gasteiger partial charge in [0.25, 0.3) is 0 Å². The van der Waals surface area contributed by atoms with Crippen LogP contribution in [-0.4, -0.2) is 22.4 Å². The largest absolute Gasteiger partial charge is 0.506 e. The molecule has 0 saturated heterocycles. The molecule has 0 heterocycles. The second-order valence-corrected chi connectivity index (χ2v) is 4.55. The van der Waals surface area contributed by atoms with Crippen molar-refractivity contribution in [1.82, 2.24) is 0 Å². The fourth-order valence-electron chi connectivity index (χ4n) is 1.67. The van der Waals surface area contributed by atoms with Crippen LogP contribution in [0.5, 0.6) is 0 Å². The number of rotatable bonds is 4. The van der Waals surface area contributed by atoms with E-state index in [-0.39, 0.29) is 16.2 Å². The van der Waals surface area contributed by atoms with Crippen LogP contribution in [0.3, 0.4) is 0 Å². The van der Waals surface area contributed by atoms with Crippen molar-refractivity contribution in [3.63, 3.8) is 0 Å². The second-order valence-electron chi connectivity index (χ2n) is 4.14. The minimum absolute atomic E-state index is 0.246. The van der Waals surface area contributed by atoms with Crippen molar-refractivity contribution in [2.45, 2.75) is 0 Å². The van der Waals surface area contributed by atoms with E-state index in [1.165, 1.54) is 6.07 Å². The first-order valence-electron chi connectivity index (χ1n) is 6.10. The number of benzene rings is 2. The van der Waals surface area contributed by atoms with Gasteiger partial charge >= 0.3 is 5.97 Å². The predicted octanol–water partition coefficient (Wildman–Crippen LogP) is 4.10. The van der Waals surface area contributed by atoms with E-state index in [0.717, 1.165) is 6.21 Å². The first-order valence-corrected chi connectivity index (χ1v) is 6.48. The lowest BCUT2D eigenvalue weighted by atomic mass is 10.1. The highest BCUT2D eigenvalue weighted by molar-refractivity contribution is 6.32.